The first-order valence-electron chi connectivity index (χ1n) is 10.5. The van der Waals surface area contributed by atoms with Crippen molar-refractivity contribution in [1.82, 2.24) is 30.1 Å². The summed E-state index contributed by atoms with van der Waals surface area (Å²) < 4.78 is 44.2. The van der Waals surface area contributed by atoms with Crippen molar-refractivity contribution < 1.29 is 27.5 Å². The van der Waals surface area contributed by atoms with Gasteiger partial charge in [-0.2, -0.15) is 13.2 Å². The zero-order valence-electron chi connectivity index (χ0n) is 19.2. The Balaban J connectivity index is 1.81. The maximum Gasteiger partial charge on any atom is 0.405 e. The SMILES string of the molecule is C=CC(=O)Nc1ccc(-c2nn3ncnc(N)c3c2-c2ccc(C(=O)NCC(F)(F)F)c(OC)c2)cn1. The Bertz CT molecular complexity index is 1500. The van der Waals surface area contributed by atoms with Crippen LogP contribution in [0.4, 0.5) is 24.8 Å². The van der Waals surface area contributed by atoms with Crippen molar-refractivity contribution in [2.75, 3.05) is 24.7 Å². The predicted octanol–water partition coefficient (Wildman–Crippen LogP) is 2.86. The van der Waals surface area contributed by atoms with E-state index in [9.17, 15) is 22.8 Å². The average molecular weight is 512 g/mol. The van der Waals surface area contributed by atoms with Crippen molar-refractivity contribution in [3.8, 4) is 28.1 Å². The lowest BCUT2D eigenvalue weighted by Crippen LogP contribution is -2.33. The molecule has 0 radical (unpaired) electrons. The van der Waals surface area contributed by atoms with Crippen LogP contribution in [0.2, 0.25) is 0 Å². The molecule has 0 unspecified atom stereocenters. The van der Waals surface area contributed by atoms with Crippen molar-refractivity contribution in [3.05, 3.63) is 61.1 Å². The normalized spacial score (nSPS) is 11.2. The monoisotopic (exact) mass is 512 g/mol. The Morgan fingerprint density at radius 3 is 2.59 bits per heavy atom. The van der Waals surface area contributed by atoms with E-state index >= 15 is 0 Å². The molecule has 190 valence electrons. The molecule has 2 amide bonds. The Morgan fingerprint density at radius 2 is 1.95 bits per heavy atom. The fourth-order valence-corrected chi connectivity index (χ4v) is 3.49. The van der Waals surface area contributed by atoms with Gasteiger partial charge in [-0.1, -0.05) is 12.6 Å². The van der Waals surface area contributed by atoms with Crippen LogP contribution < -0.4 is 21.1 Å². The number of alkyl halides is 3. The number of nitrogens with one attached hydrogen (secondary N) is 2. The van der Waals surface area contributed by atoms with Gasteiger partial charge in [-0.05, 0) is 35.9 Å². The van der Waals surface area contributed by atoms with Gasteiger partial charge in [-0.15, -0.1) is 14.8 Å². The van der Waals surface area contributed by atoms with Crippen molar-refractivity contribution in [2.45, 2.75) is 6.18 Å². The van der Waals surface area contributed by atoms with Gasteiger partial charge >= 0.3 is 6.18 Å². The standard InChI is InChI=1S/C23H19F3N8O3/c1-3-17(35)32-16-7-5-13(9-28-16)19-18(20-21(27)30-11-31-34(20)33-19)12-4-6-14(15(8-12)37-2)22(36)29-10-23(24,25)26/h3-9,11H,1,10H2,2H3,(H,29,36)(H2,27,30,31)(H,28,32,35). The second-order valence-corrected chi connectivity index (χ2v) is 7.55. The molecule has 37 heavy (non-hydrogen) atoms. The van der Waals surface area contributed by atoms with E-state index in [0.29, 0.717) is 27.9 Å². The highest BCUT2D eigenvalue weighted by Crippen LogP contribution is 2.38. The van der Waals surface area contributed by atoms with Crippen molar-refractivity contribution in [3.63, 3.8) is 0 Å². The number of amides is 2. The third kappa shape index (κ3) is 5.32. The Kier molecular flexibility index (Phi) is 6.73. The number of methoxy groups -OCH3 is 1. The first-order valence-corrected chi connectivity index (χ1v) is 10.5. The van der Waals surface area contributed by atoms with E-state index < -0.39 is 24.5 Å². The number of carbonyl (C=O) groups is 2. The number of fused-ring (bicyclic) bond motifs is 1. The molecule has 4 N–H and O–H groups in total. The number of nitrogen functional groups attached to an aromatic ring is 1. The van der Waals surface area contributed by atoms with Crippen LogP contribution in [0.5, 0.6) is 5.75 Å². The van der Waals surface area contributed by atoms with E-state index in [1.807, 2.05) is 5.32 Å². The molecule has 0 spiro atoms. The highest BCUT2D eigenvalue weighted by Gasteiger charge is 2.29. The van der Waals surface area contributed by atoms with E-state index in [4.69, 9.17) is 10.5 Å². The molecule has 1 aromatic carbocycles. The third-order valence-corrected chi connectivity index (χ3v) is 5.13. The van der Waals surface area contributed by atoms with Crippen molar-refractivity contribution >= 4 is 29.0 Å². The van der Waals surface area contributed by atoms with Crippen LogP contribution >= 0.6 is 0 Å². The zero-order chi connectivity index (χ0) is 26.7. The number of rotatable bonds is 7. The van der Waals surface area contributed by atoms with Crippen molar-refractivity contribution in [2.24, 2.45) is 0 Å². The molecule has 0 aliphatic rings. The minimum Gasteiger partial charge on any atom is -0.496 e. The number of pyridine rings is 1. The molecule has 0 aliphatic carbocycles. The molecule has 0 bridgehead atoms. The summed E-state index contributed by atoms with van der Waals surface area (Å²) in [4.78, 5) is 32.1. The molecule has 4 aromatic rings. The van der Waals surface area contributed by atoms with E-state index in [1.165, 1.54) is 42.5 Å². The second kappa shape index (κ2) is 9.93. The molecule has 0 saturated heterocycles. The number of hydrogen-bond acceptors (Lipinski definition) is 8. The minimum absolute atomic E-state index is 0.0264. The summed E-state index contributed by atoms with van der Waals surface area (Å²) in [5.74, 6) is -0.960. The molecule has 14 heteroatoms. The highest BCUT2D eigenvalue weighted by molar-refractivity contribution is 6.01. The summed E-state index contributed by atoms with van der Waals surface area (Å²) in [6.45, 7) is 1.90. The molecule has 0 aliphatic heterocycles. The topological polar surface area (TPSA) is 149 Å². The molecule has 0 atom stereocenters. The number of anilines is 2. The quantitative estimate of drug-likeness (QED) is 0.320. The van der Waals surface area contributed by atoms with Crippen molar-refractivity contribution in [1.29, 1.82) is 0 Å². The molecule has 0 fully saturated rings. The van der Waals surface area contributed by atoms with Gasteiger partial charge in [0, 0.05) is 17.3 Å². The van der Waals surface area contributed by atoms with E-state index in [2.05, 4.69) is 32.1 Å². The van der Waals surface area contributed by atoms with Gasteiger partial charge < -0.3 is 21.1 Å². The largest absolute Gasteiger partial charge is 0.496 e. The van der Waals surface area contributed by atoms with E-state index in [1.54, 1.807) is 12.1 Å². The predicted molar refractivity (Wildman–Crippen MR) is 128 cm³/mol. The number of nitrogens with zero attached hydrogens (tertiary/aromatic N) is 5. The third-order valence-electron chi connectivity index (χ3n) is 5.13. The lowest BCUT2D eigenvalue weighted by atomic mass is 9.98. The van der Waals surface area contributed by atoms with Crippen LogP contribution in [0.1, 0.15) is 10.4 Å². The minimum atomic E-state index is -4.57. The van der Waals surface area contributed by atoms with Gasteiger partial charge in [0.1, 0.15) is 35.7 Å². The maximum absolute atomic E-state index is 12.6. The number of ether oxygens (including phenoxy) is 1. The summed E-state index contributed by atoms with van der Waals surface area (Å²) in [6, 6.07) is 7.55. The van der Waals surface area contributed by atoms with Crippen LogP contribution in [-0.4, -0.2) is 56.4 Å². The molecule has 3 heterocycles. The molecular formula is C23H19F3N8O3. The summed E-state index contributed by atoms with van der Waals surface area (Å²) >= 11 is 0. The summed E-state index contributed by atoms with van der Waals surface area (Å²) in [6.07, 6.45) is -0.754. The van der Waals surface area contributed by atoms with Gasteiger partial charge in [-0.3, -0.25) is 9.59 Å². The fourth-order valence-electron chi connectivity index (χ4n) is 3.49. The van der Waals surface area contributed by atoms with Gasteiger partial charge in [0.15, 0.2) is 5.82 Å². The number of aromatic nitrogens is 5. The van der Waals surface area contributed by atoms with E-state index in [-0.39, 0.29) is 22.9 Å². The summed E-state index contributed by atoms with van der Waals surface area (Å²) in [5.41, 5.74) is 8.22. The Morgan fingerprint density at radius 1 is 1.19 bits per heavy atom. The molecule has 4 rings (SSSR count). The smallest absolute Gasteiger partial charge is 0.405 e. The van der Waals surface area contributed by atoms with Gasteiger partial charge in [0.05, 0.1) is 12.7 Å². The van der Waals surface area contributed by atoms with Gasteiger partial charge in [0.2, 0.25) is 5.91 Å². The van der Waals surface area contributed by atoms with Gasteiger partial charge in [-0.25, -0.2) is 9.97 Å². The number of carbonyl (C=O) groups excluding carboxylic acids is 2. The van der Waals surface area contributed by atoms with E-state index in [0.717, 1.165) is 6.08 Å². The number of hydrogen-bond donors (Lipinski definition) is 3. The summed E-state index contributed by atoms with van der Waals surface area (Å²) in [7, 11) is 1.29. The first-order chi connectivity index (χ1) is 17.6. The highest BCUT2D eigenvalue weighted by atomic mass is 19.4. The van der Waals surface area contributed by atoms with Crippen LogP contribution in [0.25, 0.3) is 27.9 Å². The first kappa shape index (κ1) is 25.1. The Labute approximate surface area is 207 Å². The molecule has 3 aromatic heterocycles. The molecular weight excluding hydrogens is 493 g/mol. The van der Waals surface area contributed by atoms with Crippen LogP contribution in [0.15, 0.2) is 55.5 Å². The van der Waals surface area contributed by atoms with Crippen LogP contribution in [0.3, 0.4) is 0 Å². The fraction of sp³-hybridized carbons (Fsp3) is 0.130. The molecule has 11 nitrogen and oxygen atoms in total. The lowest BCUT2D eigenvalue weighted by molar-refractivity contribution is -0.123. The number of halogens is 3. The van der Waals surface area contributed by atoms with Crippen LogP contribution in [-0.2, 0) is 4.79 Å². The number of nitrogens with two attached hydrogens (primary N) is 1. The summed E-state index contributed by atoms with van der Waals surface area (Å²) in [5, 5.41) is 13.0. The average Bonchev–Trinajstić information content (AvgIpc) is 3.27. The van der Waals surface area contributed by atoms with Gasteiger partial charge in [0.25, 0.3) is 5.91 Å². The Hall–Kier alpha value is -5.01. The second-order valence-electron chi connectivity index (χ2n) is 7.55. The maximum atomic E-state index is 12.6. The zero-order valence-corrected chi connectivity index (χ0v) is 19.2. The lowest BCUT2D eigenvalue weighted by Gasteiger charge is -2.13. The van der Waals surface area contributed by atoms with Crippen LogP contribution in [0, 0.1) is 0 Å². The molecule has 0 saturated carbocycles. The number of benzene rings is 1.